The second-order valence-corrected chi connectivity index (χ2v) is 4.51. The Labute approximate surface area is 127 Å². The topological polar surface area (TPSA) is 94.5 Å². The number of nitrogens with zero attached hydrogens (tertiary/aromatic N) is 4. The zero-order valence-corrected chi connectivity index (χ0v) is 12.6. The Hall–Kier alpha value is -2.48. The van der Waals surface area contributed by atoms with E-state index < -0.39 is 4.92 Å². The molecule has 22 heavy (non-hydrogen) atoms. The molecule has 0 saturated carbocycles. The molecule has 2 aromatic heterocycles. The van der Waals surface area contributed by atoms with Crippen molar-refractivity contribution in [2.75, 3.05) is 26.2 Å². The van der Waals surface area contributed by atoms with Gasteiger partial charge < -0.3 is 14.1 Å². The van der Waals surface area contributed by atoms with Crippen LogP contribution in [0.15, 0.2) is 28.9 Å². The zero-order chi connectivity index (χ0) is 15.9. The molecule has 0 radical (unpaired) electrons. The Morgan fingerprint density at radius 3 is 2.50 bits per heavy atom. The average Bonchev–Trinajstić information content (AvgIpc) is 3.02. The summed E-state index contributed by atoms with van der Waals surface area (Å²) >= 11 is 0. The van der Waals surface area contributed by atoms with Gasteiger partial charge >= 0.3 is 5.88 Å². The highest BCUT2D eigenvalue weighted by atomic mass is 16.6. The SMILES string of the molecule is CCN(CC)CCOc1cnc(-c2ccc([N+](=O)[O-])o2)nc1. The minimum absolute atomic E-state index is 0.251. The summed E-state index contributed by atoms with van der Waals surface area (Å²) in [7, 11) is 0. The molecule has 2 rings (SSSR count). The number of rotatable bonds is 8. The van der Waals surface area contributed by atoms with Gasteiger partial charge in [-0.15, -0.1) is 0 Å². The van der Waals surface area contributed by atoms with Gasteiger partial charge in [0.15, 0.2) is 17.3 Å². The quantitative estimate of drug-likeness (QED) is 0.545. The summed E-state index contributed by atoms with van der Waals surface area (Å²) in [4.78, 5) is 20.4. The molecule has 0 bridgehead atoms. The van der Waals surface area contributed by atoms with Crippen LogP contribution in [0.2, 0.25) is 0 Å². The van der Waals surface area contributed by atoms with Gasteiger partial charge in [-0.1, -0.05) is 13.8 Å². The summed E-state index contributed by atoms with van der Waals surface area (Å²) in [6, 6.07) is 2.74. The van der Waals surface area contributed by atoms with Crippen LogP contribution in [-0.2, 0) is 0 Å². The average molecular weight is 306 g/mol. The predicted octanol–water partition coefficient (Wildman–Crippen LogP) is 2.37. The molecule has 2 aromatic rings. The molecule has 0 saturated heterocycles. The van der Waals surface area contributed by atoms with E-state index in [0.29, 0.717) is 12.4 Å². The summed E-state index contributed by atoms with van der Waals surface area (Å²) < 4.78 is 10.6. The van der Waals surface area contributed by atoms with Crippen LogP contribution in [0.25, 0.3) is 11.6 Å². The number of nitro groups is 1. The van der Waals surface area contributed by atoms with E-state index in [0.717, 1.165) is 19.6 Å². The number of furan rings is 1. The Balaban J connectivity index is 1.93. The standard InChI is InChI=1S/C14H18N4O4/c1-3-17(4-2)7-8-21-11-9-15-14(16-10-11)12-5-6-13(22-12)18(19)20/h5-6,9-10H,3-4,7-8H2,1-2H3. The van der Waals surface area contributed by atoms with Crippen molar-refractivity contribution in [2.24, 2.45) is 0 Å². The van der Waals surface area contributed by atoms with Crippen LogP contribution in [0.3, 0.4) is 0 Å². The lowest BCUT2D eigenvalue weighted by molar-refractivity contribution is -0.401. The molecular formula is C14H18N4O4. The van der Waals surface area contributed by atoms with E-state index in [1.807, 2.05) is 0 Å². The van der Waals surface area contributed by atoms with Gasteiger partial charge in [0, 0.05) is 6.54 Å². The molecule has 0 aromatic carbocycles. The first-order chi connectivity index (χ1) is 10.6. The van der Waals surface area contributed by atoms with E-state index in [9.17, 15) is 10.1 Å². The summed E-state index contributed by atoms with van der Waals surface area (Å²) in [5.41, 5.74) is 0. The number of ether oxygens (including phenoxy) is 1. The molecule has 0 atom stereocenters. The molecule has 2 heterocycles. The van der Waals surface area contributed by atoms with Crippen LogP contribution >= 0.6 is 0 Å². The van der Waals surface area contributed by atoms with Gasteiger partial charge in [-0.25, -0.2) is 9.97 Å². The minimum atomic E-state index is -0.603. The van der Waals surface area contributed by atoms with E-state index in [1.54, 1.807) is 0 Å². The second-order valence-electron chi connectivity index (χ2n) is 4.51. The first kappa shape index (κ1) is 15.9. The lowest BCUT2D eigenvalue weighted by atomic mass is 10.4. The van der Waals surface area contributed by atoms with Crippen molar-refractivity contribution in [3.8, 4) is 17.3 Å². The third-order valence-corrected chi connectivity index (χ3v) is 3.19. The number of likely N-dealkylation sites (N-methyl/N-ethyl adjacent to an activating group) is 1. The van der Waals surface area contributed by atoms with E-state index in [2.05, 4.69) is 28.7 Å². The normalized spacial score (nSPS) is 10.9. The summed E-state index contributed by atoms with van der Waals surface area (Å²) in [6.45, 7) is 7.54. The van der Waals surface area contributed by atoms with Crippen LogP contribution in [0.1, 0.15) is 13.8 Å². The summed E-state index contributed by atoms with van der Waals surface area (Å²) in [5.74, 6) is 0.751. The van der Waals surface area contributed by atoms with Crippen molar-refractivity contribution in [2.45, 2.75) is 13.8 Å². The van der Waals surface area contributed by atoms with Crippen molar-refractivity contribution in [3.63, 3.8) is 0 Å². The number of aromatic nitrogens is 2. The van der Waals surface area contributed by atoms with E-state index in [1.165, 1.54) is 24.5 Å². The summed E-state index contributed by atoms with van der Waals surface area (Å²) in [5, 5.41) is 10.6. The molecule has 0 aliphatic carbocycles. The Morgan fingerprint density at radius 1 is 1.27 bits per heavy atom. The van der Waals surface area contributed by atoms with Gasteiger partial charge in [-0.05, 0) is 19.2 Å². The molecule has 0 aliphatic heterocycles. The number of hydrogen-bond acceptors (Lipinski definition) is 7. The first-order valence-electron chi connectivity index (χ1n) is 7.05. The smallest absolute Gasteiger partial charge is 0.433 e. The van der Waals surface area contributed by atoms with Crippen molar-refractivity contribution >= 4 is 5.88 Å². The molecule has 0 amide bonds. The van der Waals surface area contributed by atoms with Gasteiger partial charge in [-0.2, -0.15) is 0 Å². The lowest BCUT2D eigenvalue weighted by Gasteiger charge is -2.17. The highest BCUT2D eigenvalue weighted by molar-refractivity contribution is 5.48. The molecule has 8 nitrogen and oxygen atoms in total. The lowest BCUT2D eigenvalue weighted by Crippen LogP contribution is -2.27. The second kappa shape index (κ2) is 7.51. The van der Waals surface area contributed by atoms with Crippen molar-refractivity contribution in [1.29, 1.82) is 0 Å². The van der Waals surface area contributed by atoms with Crippen LogP contribution < -0.4 is 4.74 Å². The van der Waals surface area contributed by atoms with Gasteiger partial charge in [0.05, 0.1) is 18.5 Å². The van der Waals surface area contributed by atoms with Crippen LogP contribution in [0.5, 0.6) is 5.75 Å². The van der Waals surface area contributed by atoms with Crippen molar-refractivity contribution < 1.29 is 14.1 Å². The minimum Gasteiger partial charge on any atom is -0.489 e. The van der Waals surface area contributed by atoms with Gasteiger partial charge in [0.2, 0.25) is 0 Å². The van der Waals surface area contributed by atoms with Crippen molar-refractivity contribution in [3.05, 3.63) is 34.6 Å². The Kier molecular flexibility index (Phi) is 5.42. The Morgan fingerprint density at radius 2 is 1.95 bits per heavy atom. The van der Waals surface area contributed by atoms with Crippen LogP contribution in [0.4, 0.5) is 5.88 Å². The molecule has 8 heteroatoms. The number of hydrogen-bond donors (Lipinski definition) is 0. The monoisotopic (exact) mass is 306 g/mol. The zero-order valence-electron chi connectivity index (χ0n) is 12.6. The van der Waals surface area contributed by atoms with Crippen LogP contribution in [0, 0.1) is 10.1 Å². The third kappa shape index (κ3) is 4.01. The van der Waals surface area contributed by atoms with Crippen molar-refractivity contribution in [1.82, 2.24) is 14.9 Å². The molecule has 0 fully saturated rings. The molecule has 0 N–H and O–H groups in total. The van der Waals surface area contributed by atoms with Gasteiger partial charge in [0.25, 0.3) is 0 Å². The maximum absolute atomic E-state index is 10.6. The molecular weight excluding hydrogens is 288 g/mol. The third-order valence-electron chi connectivity index (χ3n) is 3.19. The maximum Gasteiger partial charge on any atom is 0.433 e. The molecule has 0 aliphatic rings. The first-order valence-corrected chi connectivity index (χ1v) is 7.05. The highest BCUT2D eigenvalue weighted by Gasteiger charge is 2.14. The van der Waals surface area contributed by atoms with E-state index >= 15 is 0 Å². The highest BCUT2D eigenvalue weighted by Crippen LogP contribution is 2.23. The summed E-state index contributed by atoms with van der Waals surface area (Å²) in [6.07, 6.45) is 3.05. The molecule has 0 unspecified atom stereocenters. The molecule has 0 spiro atoms. The Bertz CT molecular complexity index is 608. The van der Waals surface area contributed by atoms with Gasteiger partial charge in [-0.3, -0.25) is 10.1 Å². The fraction of sp³-hybridized carbons (Fsp3) is 0.429. The van der Waals surface area contributed by atoms with Crippen LogP contribution in [-0.4, -0.2) is 46.0 Å². The maximum atomic E-state index is 10.6. The fourth-order valence-electron chi connectivity index (χ4n) is 1.90. The fourth-order valence-corrected chi connectivity index (χ4v) is 1.90. The van der Waals surface area contributed by atoms with E-state index in [-0.39, 0.29) is 17.5 Å². The predicted molar refractivity (Wildman–Crippen MR) is 79.7 cm³/mol. The molecule has 118 valence electrons. The largest absolute Gasteiger partial charge is 0.489 e. The van der Waals surface area contributed by atoms with E-state index in [4.69, 9.17) is 9.15 Å². The van der Waals surface area contributed by atoms with Gasteiger partial charge in [0.1, 0.15) is 11.5 Å².